The van der Waals surface area contributed by atoms with Crippen molar-refractivity contribution < 1.29 is 14.0 Å². The van der Waals surface area contributed by atoms with E-state index in [2.05, 4.69) is 22.2 Å². The fourth-order valence-corrected chi connectivity index (χ4v) is 4.80. The SMILES string of the molecule is CCN(C(=O)c1ccccc1-c1ocnc1C(=O)NCCN(C)C1CCCCC1)c1ccccc1. The molecule has 0 radical (unpaired) electrons. The van der Waals surface area contributed by atoms with Gasteiger partial charge in [0, 0.05) is 36.9 Å². The number of hydrogen-bond acceptors (Lipinski definition) is 5. The summed E-state index contributed by atoms with van der Waals surface area (Å²) in [6.45, 7) is 3.75. The second-order valence-electron chi connectivity index (χ2n) is 8.99. The summed E-state index contributed by atoms with van der Waals surface area (Å²) >= 11 is 0. The van der Waals surface area contributed by atoms with Gasteiger partial charge in [-0.3, -0.25) is 9.59 Å². The number of para-hydroxylation sites is 1. The molecule has 0 aliphatic heterocycles. The van der Waals surface area contributed by atoms with E-state index in [0.29, 0.717) is 36.0 Å². The number of aromatic nitrogens is 1. The van der Waals surface area contributed by atoms with Gasteiger partial charge in [-0.1, -0.05) is 55.7 Å². The van der Waals surface area contributed by atoms with Crippen LogP contribution < -0.4 is 10.2 Å². The molecule has 35 heavy (non-hydrogen) atoms. The molecule has 1 heterocycles. The predicted molar refractivity (Wildman–Crippen MR) is 138 cm³/mol. The molecule has 4 rings (SSSR count). The topological polar surface area (TPSA) is 78.7 Å². The molecule has 7 heteroatoms. The van der Waals surface area contributed by atoms with Crippen molar-refractivity contribution in [3.63, 3.8) is 0 Å². The number of carbonyl (C=O) groups excluding carboxylic acids is 2. The highest BCUT2D eigenvalue weighted by Crippen LogP contribution is 2.29. The van der Waals surface area contributed by atoms with Crippen LogP contribution in [0.2, 0.25) is 0 Å². The number of hydrogen-bond donors (Lipinski definition) is 1. The van der Waals surface area contributed by atoms with E-state index in [9.17, 15) is 9.59 Å². The molecule has 0 bridgehead atoms. The van der Waals surface area contributed by atoms with Crippen LogP contribution in [0.1, 0.15) is 59.9 Å². The Bertz CT molecular complexity index is 1120. The van der Waals surface area contributed by atoms with E-state index in [1.807, 2.05) is 49.4 Å². The van der Waals surface area contributed by atoms with E-state index >= 15 is 0 Å². The average Bonchev–Trinajstić information content (AvgIpc) is 3.40. The molecule has 2 aromatic carbocycles. The number of likely N-dealkylation sites (N-methyl/N-ethyl adjacent to an activating group) is 1. The van der Waals surface area contributed by atoms with Crippen molar-refractivity contribution in [2.45, 2.75) is 45.1 Å². The minimum Gasteiger partial charge on any atom is -0.443 e. The van der Waals surface area contributed by atoms with Gasteiger partial charge in [0.05, 0.1) is 5.56 Å². The first-order chi connectivity index (χ1) is 17.1. The Hall–Kier alpha value is -3.45. The molecule has 2 amide bonds. The van der Waals surface area contributed by atoms with E-state index in [1.54, 1.807) is 17.0 Å². The monoisotopic (exact) mass is 474 g/mol. The molecular weight excluding hydrogens is 440 g/mol. The van der Waals surface area contributed by atoms with Crippen molar-refractivity contribution in [1.82, 2.24) is 15.2 Å². The molecule has 7 nitrogen and oxygen atoms in total. The van der Waals surface area contributed by atoms with E-state index in [-0.39, 0.29) is 17.5 Å². The summed E-state index contributed by atoms with van der Waals surface area (Å²) in [5.74, 6) is -0.161. The number of amides is 2. The molecule has 0 atom stereocenters. The Labute approximate surface area is 207 Å². The van der Waals surface area contributed by atoms with Gasteiger partial charge >= 0.3 is 0 Å². The lowest BCUT2D eigenvalue weighted by atomic mass is 9.94. The standard InChI is InChI=1S/C28H34N4O3/c1-3-32(22-14-8-5-9-15-22)28(34)24-17-11-10-16-23(24)26-25(30-20-35-26)27(33)29-18-19-31(2)21-12-6-4-7-13-21/h5,8-11,14-17,20-21H,3-4,6-7,12-13,18-19H2,1-2H3,(H,29,33). The Morgan fingerprint density at radius 2 is 1.74 bits per heavy atom. The summed E-state index contributed by atoms with van der Waals surface area (Å²) < 4.78 is 5.65. The van der Waals surface area contributed by atoms with E-state index < -0.39 is 0 Å². The lowest BCUT2D eigenvalue weighted by Gasteiger charge is -2.31. The fourth-order valence-electron chi connectivity index (χ4n) is 4.80. The third-order valence-corrected chi connectivity index (χ3v) is 6.76. The molecule has 0 unspecified atom stereocenters. The smallest absolute Gasteiger partial charge is 0.273 e. The predicted octanol–water partition coefficient (Wildman–Crippen LogP) is 5.00. The second-order valence-corrected chi connectivity index (χ2v) is 8.99. The molecule has 184 valence electrons. The average molecular weight is 475 g/mol. The van der Waals surface area contributed by atoms with Crippen molar-refractivity contribution in [3.05, 3.63) is 72.2 Å². The maximum atomic E-state index is 13.5. The Kier molecular flexibility index (Phi) is 8.32. The zero-order valence-corrected chi connectivity index (χ0v) is 20.6. The summed E-state index contributed by atoms with van der Waals surface area (Å²) in [6.07, 6.45) is 7.58. The molecule has 1 saturated carbocycles. The van der Waals surface area contributed by atoms with Gasteiger partial charge in [0.25, 0.3) is 11.8 Å². The molecule has 1 aliphatic carbocycles. The minimum absolute atomic E-state index is 0.161. The van der Waals surface area contributed by atoms with Gasteiger partial charge in [0.15, 0.2) is 17.8 Å². The molecule has 0 saturated heterocycles. The molecule has 1 aliphatic rings. The number of rotatable bonds is 9. The van der Waals surface area contributed by atoms with Crippen LogP contribution in [0.5, 0.6) is 0 Å². The van der Waals surface area contributed by atoms with Crippen LogP contribution in [0.4, 0.5) is 5.69 Å². The fraction of sp³-hybridized carbons (Fsp3) is 0.393. The zero-order chi connectivity index (χ0) is 24.6. The van der Waals surface area contributed by atoms with Crippen LogP contribution in [0.3, 0.4) is 0 Å². The highest BCUT2D eigenvalue weighted by atomic mass is 16.3. The number of benzene rings is 2. The van der Waals surface area contributed by atoms with Crippen molar-refractivity contribution >= 4 is 17.5 Å². The number of carbonyl (C=O) groups is 2. The first-order valence-corrected chi connectivity index (χ1v) is 12.5. The lowest BCUT2D eigenvalue weighted by molar-refractivity contribution is 0.0938. The summed E-state index contributed by atoms with van der Waals surface area (Å²) in [5, 5.41) is 2.98. The third-order valence-electron chi connectivity index (χ3n) is 6.76. The molecule has 0 spiro atoms. The van der Waals surface area contributed by atoms with Gasteiger partial charge < -0.3 is 19.5 Å². The zero-order valence-electron chi connectivity index (χ0n) is 20.6. The molecule has 1 fully saturated rings. The van der Waals surface area contributed by atoms with E-state index in [4.69, 9.17) is 4.42 Å². The third kappa shape index (κ3) is 5.80. The van der Waals surface area contributed by atoms with Crippen LogP contribution in [0.15, 0.2) is 65.4 Å². The molecular formula is C28H34N4O3. The summed E-state index contributed by atoms with van der Waals surface area (Å²) in [5.41, 5.74) is 2.01. The van der Waals surface area contributed by atoms with Crippen LogP contribution >= 0.6 is 0 Å². The van der Waals surface area contributed by atoms with Crippen molar-refractivity contribution in [1.29, 1.82) is 0 Å². The lowest BCUT2D eigenvalue weighted by Crippen LogP contribution is -2.39. The first-order valence-electron chi connectivity index (χ1n) is 12.5. The van der Waals surface area contributed by atoms with Crippen molar-refractivity contribution in [2.75, 3.05) is 31.6 Å². The number of nitrogens with zero attached hydrogens (tertiary/aromatic N) is 3. The molecule has 3 aromatic rings. The van der Waals surface area contributed by atoms with Crippen LogP contribution in [0, 0.1) is 0 Å². The summed E-state index contributed by atoms with van der Waals surface area (Å²) in [6, 6.07) is 17.3. The normalized spacial score (nSPS) is 14.1. The highest BCUT2D eigenvalue weighted by Gasteiger charge is 2.25. The van der Waals surface area contributed by atoms with Gasteiger partial charge in [0.2, 0.25) is 0 Å². The van der Waals surface area contributed by atoms with Crippen LogP contribution in [-0.2, 0) is 0 Å². The van der Waals surface area contributed by atoms with E-state index in [0.717, 1.165) is 12.2 Å². The van der Waals surface area contributed by atoms with Crippen molar-refractivity contribution in [2.24, 2.45) is 0 Å². The van der Waals surface area contributed by atoms with Gasteiger partial charge in [-0.25, -0.2) is 4.98 Å². The number of nitrogens with one attached hydrogen (secondary N) is 1. The summed E-state index contributed by atoms with van der Waals surface area (Å²) in [4.78, 5) is 34.8. The quantitative estimate of drug-likeness (QED) is 0.472. The maximum absolute atomic E-state index is 13.5. The van der Waals surface area contributed by atoms with Crippen molar-refractivity contribution in [3.8, 4) is 11.3 Å². The Balaban J connectivity index is 1.49. The largest absolute Gasteiger partial charge is 0.443 e. The van der Waals surface area contributed by atoms with Gasteiger partial charge in [-0.2, -0.15) is 0 Å². The van der Waals surface area contributed by atoms with Crippen LogP contribution in [-0.4, -0.2) is 54.4 Å². The first kappa shape index (κ1) is 24.7. The molecule has 1 N–H and O–H groups in total. The Morgan fingerprint density at radius 1 is 1.03 bits per heavy atom. The van der Waals surface area contributed by atoms with Gasteiger partial charge in [-0.05, 0) is 45.0 Å². The Morgan fingerprint density at radius 3 is 2.49 bits per heavy atom. The minimum atomic E-state index is -0.302. The number of oxazole rings is 1. The molecule has 1 aromatic heterocycles. The highest BCUT2D eigenvalue weighted by molar-refractivity contribution is 6.11. The summed E-state index contributed by atoms with van der Waals surface area (Å²) in [7, 11) is 2.12. The maximum Gasteiger partial charge on any atom is 0.273 e. The van der Waals surface area contributed by atoms with Gasteiger partial charge in [0.1, 0.15) is 0 Å². The van der Waals surface area contributed by atoms with Gasteiger partial charge in [-0.15, -0.1) is 0 Å². The van der Waals surface area contributed by atoms with E-state index in [1.165, 1.54) is 38.5 Å². The number of anilines is 1. The van der Waals surface area contributed by atoms with Crippen LogP contribution in [0.25, 0.3) is 11.3 Å². The second kappa shape index (κ2) is 11.8.